The second kappa shape index (κ2) is 8.55. The summed E-state index contributed by atoms with van der Waals surface area (Å²) in [6.45, 7) is 3.48. The normalized spacial score (nSPS) is 12.7. The fourth-order valence-electron chi connectivity index (χ4n) is 1.34. The summed E-state index contributed by atoms with van der Waals surface area (Å²) in [5.41, 5.74) is 0.763. The van der Waals surface area contributed by atoms with Gasteiger partial charge in [-0.3, -0.25) is 4.79 Å². The molecule has 0 aliphatic heterocycles. The molecule has 4 nitrogen and oxygen atoms in total. The number of carbonyl (C=O) groups is 1. The Balaban J connectivity index is 2.70. The lowest BCUT2D eigenvalue weighted by molar-refractivity contribution is -0.124. The van der Waals surface area contributed by atoms with Crippen molar-refractivity contribution in [3.8, 4) is 0 Å². The van der Waals surface area contributed by atoms with Crippen LogP contribution in [-0.4, -0.2) is 21.0 Å². The van der Waals surface area contributed by atoms with Crippen molar-refractivity contribution in [1.29, 1.82) is 0 Å². The van der Waals surface area contributed by atoms with Crippen molar-refractivity contribution in [3.63, 3.8) is 0 Å². The van der Waals surface area contributed by atoms with E-state index < -0.39 is 9.96 Å². The van der Waals surface area contributed by atoms with Gasteiger partial charge in [-0.1, -0.05) is 64.6 Å². The van der Waals surface area contributed by atoms with Crippen LogP contribution in [-0.2, 0) is 4.79 Å². The van der Waals surface area contributed by atoms with Crippen LogP contribution in [0.5, 0.6) is 0 Å². The van der Waals surface area contributed by atoms with Gasteiger partial charge in [0.25, 0.3) is 0 Å². The number of halogens is 4. The van der Waals surface area contributed by atoms with Gasteiger partial charge in [-0.25, -0.2) is 0 Å². The second-order valence-electron chi connectivity index (χ2n) is 4.74. The first-order valence-electron chi connectivity index (χ1n) is 6.29. The van der Waals surface area contributed by atoms with Crippen LogP contribution in [0, 0.1) is 5.92 Å². The van der Waals surface area contributed by atoms with E-state index in [1.165, 1.54) is 0 Å². The molecule has 122 valence electrons. The summed E-state index contributed by atoms with van der Waals surface area (Å²) < 4.78 is -0.809. The predicted molar refractivity (Wildman–Crippen MR) is 101 cm³/mol. The average Bonchev–Trinajstić information content (AvgIpc) is 2.39. The number of hydrogen-bond donors (Lipinski definition) is 3. The van der Waals surface area contributed by atoms with E-state index in [2.05, 4.69) is 31.9 Å². The van der Waals surface area contributed by atoms with Gasteiger partial charge in [-0.05, 0) is 36.5 Å². The number of nitrogens with one attached hydrogen (secondary N) is 3. The molecule has 1 amide bonds. The molecule has 1 atom stereocenters. The zero-order valence-electron chi connectivity index (χ0n) is 11.8. The lowest BCUT2D eigenvalue weighted by atomic mass is 10.2. The molecular weight excluding hydrogens is 432 g/mol. The number of alkyl halides is 3. The molecule has 1 aromatic carbocycles. The summed E-state index contributed by atoms with van der Waals surface area (Å²) in [6, 6.07) is 7.38. The van der Waals surface area contributed by atoms with Crippen LogP contribution in [0.25, 0.3) is 0 Å². The molecule has 9 heteroatoms. The third-order valence-corrected chi connectivity index (χ3v) is 3.92. The van der Waals surface area contributed by atoms with Gasteiger partial charge in [-0.15, -0.1) is 0 Å². The molecule has 0 radical (unpaired) electrons. The van der Waals surface area contributed by atoms with Gasteiger partial charge >= 0.3 is 0 Å². The highest BCUT2D eigenvalue weighted by Gasteiger charge is 2.35. The van der Waals surface area contributed by atoms with E-state index in [9.17, 15) is 4.79 Å². The molecular formula is C13H15BrCl3N3OS. The van der Waals surface area contributed by atoms with Gasteiger partial charge in [0, 0.05) is 16.1 Å². The molecule has 0 unspecified atom stereocenters. The van der Waals surface area contributed by atoms with Gasteiger partial charge in [0.05, 0.1) is 0 Å². The molecule has 0 spiro atoms. The standard InChI is InChI=1S/C13H15BrCl3N3OS/c1-7(2)10(21)19-11(13(15,16)17)20-12(22)18-9-5-3-8(14)4-6-9/h3-7,11H,1-2H3,(H,19,21)(H2,18,20,22)/t11-/m0/s1. The predicted octanol–water partition coefficient (Wildman–Crippen LogP) is 4.20. The molecule has 0 fully saturated rings. The number of benzene rings is 1. The van der Waals surface area contributed by atoms with Gasteiger partial charge < -0.3 is 16.0 Å². The number of anilines is 1. The summed E-state index contributed by atoms with van der Waals surface area (Å²) in [4.78, 5) is 11.8. The highest BCUT2D eigenvalue weighted by molar-refractivity contribution is 9.10. The number of amides is 1. The van der Waals surface area contributed by atoms with E-state index in [0.717, 1.165) is 10.2 Å². The van der Waals surface area contributed by atoms with Crippen LogP contribution < -0.4 is 16.0 Å². The van der Waals surface area contributed by atoms with Crippen LogP contribution >= 0.6 is 63.0 Å². The van der Waals surface area contributed by atoms with Crippen molar-refractivity contribution in [2.45, 2.75) is 23.8 Å². The molecule has 3 N–H and O–H groups in total. The summed E-state index contributed by atoms with van der Waals surface area (Å²) in [7, 11) is 0. The van der Waals surface area contributed by atoms with Gasteiger partial charge in [0.2, 0.25) is 9.70 Å². The minimum Gasteiger partial charge on any atom is -0.339 e. The number of hydrogen-bond acceptors (Lipinski definition) is 2. The maximum Gasteiger partial charge on any atom is 0.228 e. The quantitative estimate of drug-likeness (QED) is 0.368. The van der Waals surface area contributed by atoms with Gasteiger partial charge in [0.15, 0.2) is 5.11 Å². The number of thiocarbonyl (C=S) groups is 1. The zero-order chi connectivity index (χ0) is 16.9. The van der Waals surface area contributed by atoms with Crippen molar-refractivity contribution < 1.29 is 4.79 Å². The Morgan fingerprint density at radius 3 is 2.18 bits per heavy atom. The van der Waals surface area contributed by atoms with Crippen molar-refractivity contribution in [2.24, 2.45) is 5.92 Å². The van der Waals surface area contributed by atoms with Crippen LogP contribution in [0.3, 0.4) is 0 Å². The average molecular weight is 448 g/mol. The van der Waals surface area contributed by atoms with E-state index in [1.54, 1.807) is 13.8 Å². The van der Waals surface area contributed by atoms with Crippen LogP contribution in [0.15, 0.2) is 28.7 Å². The lowest BCUT2D eigenvalue weighted by Gasteiger charge is -2.28. The van der Waals surface area contributed by atoms with E-state index in [4.69, 9.17) is 47.0 Å². The Labute approximate surface area is 158 Å². The molecule has 0 aromatic heterocycles. The molecule has 0 aliphatic carbocycles. The Kier molecular flexibility index (Phi) is 7.68. The maximum atomic E-state index is 11.8. The summed E-state index contributed by atoms with van der Waals surface area (Å²) >= 11 is 26.1. The summed E-state index contributed by atoms with van der Waals surface area (Å²) in [6.07, 6.45) is -0.956. The van der Waals surface area contributed by atoms with Crippen LogP contribution in [0.4, 0.5) is 5.69 Å². The molecule has 0 bridgehead atoms. The maximum absolute atomic E-state index is 11.8. The lowest BCUT2D eigenvalue weighted by Crippen LogP contribution is -2.56. The summed E-state index contributed by atoms with van der Waals surface area (Å²) in [5, 5.41) is 8.56. The Bertz CT molecular complexity index is 534. The third-order valence-electron chi connectivity index (χ3n) is 2.52. The van der Waals surface area contributed by atoms with Crippen molar-refractivity contribution in [2.75, 3.05) is 5.32 Å². The molecule has 1 aromatic rings. The molecule has 0 heterocycles. The molecule has 0 saturated carbocycles. The zero-order valence-corrected chi connectivity index (χ0v) is 16.5. The first-order valence-corrected chi connectivity index (χ1v) is 8.63. The topological polar surface area (TPSA) is 53.2 Å². The van der Waals surface area contributed by atoms with Gasteiger partial charge in [-0.2, -0.15) is 0 Å². The number of rotatable bonds is 4. The molecule has 0 saturated heterocycles. The highest BCUT2D eigenvalue weighted by Crippen LogP contribution is 2.29. The highest BCUT2D eigenvalue weighted by atomic mass is 79.9. The fourth-order valence-corrected chi connectivity index (χ4v) is 2.17. The smallest absolute Gasteiger partial charge is 0.228 e. The van der Waals surface area contributed by atoms with Crippen molar-refractivity contribution in [1.82, 2.24) is 10.6 Å². The summed E-state index contributed by atoms with van der Waals surface area (Å²) in [5.74, 6) is -0.500. The minimum absolute atomic E-state index is 0.225. The van der Waals surface area contributed by atoms with Gasteiger partial charge in [0.1, 0.15) is 6.17 Å². The van der Waals surface area contributed by atoms with Crippen molar-refractivity contribution in [3.05, 3.63) is 28.7 Å². The first kappa shape index (κ1) is 19.8. The Morgan fingerprint density at radius 2 is 1.73 bits per heavy atom. The molecule has 0 aliphatic rings. The van der Waals surface area contributed by atoms with E-state index in [1.807, 2.05) is 24.3 Å². The first-order chi connectivity index (χ1) is 10.1. The van der Waals surface area contributed by atoms with Crippen LogP contribution in [0.1, 0.15) is 13.8 Å². The van der Waals surface area contributed by atoms with E-state index in [0.29, 0.717) is 0 Å². The Morgan fingerprint density at radius 1 is 1.18 bits per heavy atom. The third kappa shape index (κ3) is 6.87. The second-order valence-corrected chi connectivity index (χ2v) is 8.44. The number of carbonyl (C=O) groups excluding carboxylic acids is 1. The van der Waals surface area contributed by atoms with Crippen LogP contribution in [0.2, 0.25) is 0 Å². The SMILES string of the molecule is CC(C)C(=O)N[C@@H](NC(=S)Nc1ccc(Br)cc1)C(Cl)(Cl)Cl. The minimum atomic E-state index is -1.75. The van der Waals surface area contributed by atoms with Crippen molar-refractivity contribution >= 4 is 79.7 Å². The monoisotopic (exact) mass is 445 g/mol. The van der Waals surface area contributed by atoms with E-state index in [-0.39, 0.29) is 16.9 Å². The molecule has 22 heavy (non-hydrogen) atoms. The fraction of sp³-hybridized carbons (Fsp3) is 0.385. The van der Waals surface area contributed by atoms with E-state index >= 15 is 0 Å². The largest absolute Gasteiger partial charge is 0.339 e. The Hall–Kier alpha value is -0.270. The molecule has 1 rings (SSSR count).